The molecule has 0 aromatic rings. The van der Waals surface area contributed by atoms with Crippen molar-refractivity contribution >= 4 is 0 Å². The van der Waals surface area contributed by atoms with Crippen LogP contribution in [-0.4, -0.2) is 0 Å². The Kier molecular flexibility index (Phi) is 20.2. The number of rotatable bonds is 6. The lowest BCUT2D eigenvalue weighted by atomic mass is 9.88. The predicted octanol–water partition coefficient (Wildman–Crippen LogP) is 8.07. The van der Waals surface area contributed by atoms with Gasteiger partial charge in [-0.1, -0.05) is 95.9 Å². The first kappa shape index (κ1) is 25.9. The smallest absolute Gasteiger partial charge is 0.0417 e. The normalized spacial score (nSPS) is 15.0. The standard InChI is InChI=1S/C10H22.C7H16.C4H10/c1-6-9(4)7-10(5)8(2)3;1-5-7(4)6(2)3;1-4(2)3/h8-10H,6-7H2,1-5H3;6-7H,5H2,1-4H3;4H,1-3H3. The van der Waals surface area contributed by atoms with Crippen LogP contribution >= 0.6 is 0 Å². The first-order valence-corrected chi connectivity index (χ1v) is 9.49. The van der Waals surface area contributed by atoms with Crippen molar-refractivity contribution in [2.24, 2.45) is 35.5 Å². The van der Waals surface area contributed by atoms with Gasteiger partial charge >= 0.3 is 0 Å². The van der Waals surface area contributed by atoms with Crippen molar-refractivity contribution < 1.29 is 0 Å². The molecule has 0 aromatic heterocycles. The Labute approximate surface area is 138 Å². The summed E-state index contributed by atoms with van der Waals surface area (Å²) in [6.45, 7) is 27.2. The van der Waals surface area contributed by atoms with Crippen molar-refractivity contribution in [3.05, 3.63) is 0 Å². The van der Waals surface area contributed by atoms with E-state index in [0.717, 1.165) is 35.5 Å². The van der Waals surface area contributed by atoms with Gasteiger partial charge < -0.3 is 0 Å². The molecule has 0 aliphatic heterocycles. The molecule has 132 valence electrons. The molecule has 3 unspecified atom stereocenters. The van der Waals surface area contributed by atoms with Crippen LogP contribution in [0.15, 0.2) is 0 Å². The molecule has 3 atom stereocenters. The molecule has 0 saturated heterocycles. The summed E-state index contributed by atoms with van der Waals surface area (Å²) < 4.78 is 0. The Balaban J connectivity index is -0.000000256. The zero-order chi connectivity index (χ0) is 17.6. The number of hydrogen-bond donors (Lipinski definition) is 0. The summed E-state index contributed by atoms with van der Waals surface area (Å²) in [6.07, 6.45) is 4.04. The highest BCUT2D eigenvalue weighted by molar-refractivity contribution is 4.60. The SMILES string of the molecule is CC(C)C.CCC(C)C(C)C.CCC(C)CC(C)C(C)C. The molecule has 0 nitrogen and oxygen atoms in total. The molecule has 0 rings (SSSR count). The van der Waals surface area contributed by atoms with Crippen LogP contribution in [0.2, 0.25) is 0 Å². The van der Waals surface area contributed by atoms with Crippen molar-refractivity contribution in [1.82, 2.24) is 0 Å². The third-order valence-electron chi connectivity index (χ3n) is 4.39. The first-order chi connectivity index (χ1) is 9.49. The van der Waals surface area contributed by atoms with Gasteiger partial charge in [-0.2, -0.15) is 0 Å². The predicted molar refractivity (Wildman–Crippen MR) is 103 cm³/mol. The molecule has 0 aliphatic carbocycles. The second kappa shape index (κ2) is 16.4. The summed E-state index contributed by atoms with van der Waals surface area (Å²) in [5.41, 5.74) is 0. The van der Waals surface area contributed by atoms with Crippen molar-refractivity contribution in [2.45, 2.75) is 102 Å². The lowest BCUT2D eigenvalue weighted by Crippen LogP contribution is -2.08. The molecule has 0 spiro atoms. The zero-order valence-electron chi connectivity index (χ0n) is 17.6. The van der Waals surface area contributed by atoms with E-state index in [4.69, 9.17) is 0 Å². The van der Waals surface area contributed by atoms with Crippen LogP contribution in [0.1, 0.15) is 102 Å². The summed E-state index contributed by atoms with van der Waals surface area (Å²) in [6, 6.07) is 0. The fraction of sp³-hybridized carbons (Fsp3) is 1.00. The Hall–Kier alpha value is 0. The fourth-order valence-electron chi connectivity index (χ4n) is 1.54. The van der Waals surface area contributed by atoms with E-state index in [1.165, 1.54) is 19.3 Å². The Morgan fingerprint density at radius 1 is 0.524 bits per heavy atom. The van der Waals surface area contributed by atoms with Gasteiger partial charge in [0.25, 0.3) is 0 Å². The largest absolute Gasteiger partial charge is 0.0651 e. The summed E-state index contributed by atoms with van der Waals surface area (Å²) in [4.78, 5) is 0. The molecular formula is C21H48. The van der Waals surface area contributed by atoms with Crippen LogP contribution in [0, 0.1) is 35.5 Å². The minimum Gasteiger partial charge on any atom is -0.0651 e. The average molecular weight is 301 g/mol. The third kappa shape index (κ3) is 25.3. The summed E-state index contributed by atoms with van der Waals surface area (Å²) in [5.74, 6) is 5.27. The van der Waals surface area contributed by atoms with E-state index in [1.807, 2.05) is 0 Å². The van der Waals surface area contributed by atoms with Gasteiger partial charge in [0, 0.05) is 0 Å². The van der Waals surface area contributed by atoms with Gasteiger partial charge in [0.2, 0.25) is 0 Å². The van der Waals surface area contributed by atoms with Crippen LogP contribution in [0.25, 0.3) is 0 Å². The molecule has 0 aliphatic rings. The molecule has 0 radical (unpaired) electrons. The molecular weight excluding hydrogens is 252 g/mol. The van der Waals surface area contributed by atoms with Crippen molar-refractivity contribution in [3.63, 3.8) is 0 Å². The van der Waals surface area contributed by atoms with Gasteiger partial charge in [-0.25, -0.2) is 0 Å². The molecule has 21 heavy (non-hydrogen) atoms. The molecule has 0 heteroatoms. The van der Waals surface area contributed by atoms with Gasteiger partial charge in [-0.05, 0) is 41.9 Å². The van der Waals surface area contributed by atoms with Gasteiger partial charge in [-0.15, -0.1) is 0 Å². The third-order valence-corrected chi connectivity index (χ3v) is 4.39. The fourth-order valence-corrected chi connectivity index (χ4v) is 1.54. The van der Waals surface area contributed by atoms with E-state index in [-0.39, 0.29) is 0 Å². The quantitative estimate of drug-likeness (QED) is 0.465. The van der Waals surface area contributed by atoms with E-state index >= 15 is 0 Å². The van der Waals surface area contributed by atoms with Crippen LogP contribution in [0.4, 0.5) is 0 Å². The molecule has 0 heterocycles. The molecule has 0 N–H and O–H groups in total. The first-order valence-electron chi connectivity index (χ1n) is 9.49. The summed E-state index contributed by atoms with van der Waals surface area (Å²) in [7, 11) is 0. The highest BCUT2D eigenvalue weighted by Crippen LogP contribution is 2.20. The van der Waals surface area contributed by atoms with Crippen LogP contribution in [0.3, 0.4) is 0 Å². The van der Waals surface area contributed by atoms with E-state index in [2.05, 4.69) is 83.1 Å². The highest BCUT2D eigenvalue weighted by atomic mass is 14.2. The second-order valence-corrected chi connectivity index (χ2v) is 8.33. The zero-order valence-corrected chi connectivity index (χ0v) is 17.6. The minimum atomic E-state index is 0.833. The minimum absolute atomic E-state index is 0.833. The van der Waals surface area contributed by atoms with Crippen LogP contribution in [0.5, 0.6) is 0 Å². The van der Waals surface area contributed by atoms with Crippen LogP contribution < -0.4 is 0 Å². The van der Waals surface area contributed by atoms with E-state index in [9.17, 15) is 0 Å². The highest BCUT2D eigenvalue weighted by Gasteiger charge is 2.09. The van der Waals surface area contributed by atoms with Gasteiger partial charge in [0.15, 0.2) is 0 Å². The lowest BCUT2D eigenvalue weighted by molar-refractivity contribution is 0.327. The van der Waals surface area contributed by atoms with Gasteiger partial charge in [-0.3, -0.25) is 0 Å². The van der Waals surface area contributed by atoms with E-state index in [1.54, 1.807) is 0 Å². The lowest BCUT2D eigenvalue weighted by Gasteiger charge is -2.18. The topological polar surface area (TPSA) is 0 Å². The molecule has 0 bridgehead atoms. The Morgan fingerprint density at radius 3 is 1.00 bits per heavy atom. The van der Waals surface area contributed by atoms with E-state index < -0.39 is 0 Å². The monoisotopic (exact) mass is 300 g/mol. The van der Waals surface area contributed by atoms with E-state index in [0.29, 0.717) is 0 Å². The maximum atomic E-state index is 2.36. The van der Waals surface area contributed by atoms with Crippen molar-refractivity contribution in [2.75, 3.05) is 0 Å². The maximum Gasteiger partial charge on any atom is -0.0417 e. The average Bonchev–Trinajstić information content (AvgIpc) is 2.37. The Morgan fingerprint density at radius 2 is 0.857 bits per heavy atom. The van der Waals surface area contributed by atoms with Crippen molar-refractivity contribution in [1.29, 1.82) is 0 Å². The number of hydrogen-bond acceptors (Lipinski definition) is 0. The molecule has 0 aromatic carbocycles. The summed E-state index contributed by atoms with van der Waals surface area (Å²) in [5, 5.41) is 0. The molecule has 0 saturated carbocycles. The molecule has 0 amide bonds. The Bertz CT molecular complexity index is 176. The summed E-state index contributed by atoms with van der Waals surface area (Å²) >= 11 is 0. The van der Waals surface area contributed by atoms with Crippen LogP contribution in [-0.2, 0) is 0 Å². The van der Waals surface area contributed by atoms with Gasteiger partial charge in [0.1, 0.15) is 0 Å². The van der Waals surface area contributed by atoms with Crippen molar-refractivity contribution in [3.8, 4) is 0 Å². The maximum absolute atomic E-state index is 2.36. The second-order valence-electron chi connectivity index (χ2n) is 8.33. The molecule has 0 fully saturated rings. The van der Waals surface area contributed by atoms with Gasteiger partial charge in [0.05, 0.1) is 0 Å².